The first-order valence-electron chi connectivity index (χ1n) is 14.3. The number of hydrazine groups is 1. The number of rotatable bonds is 8. The van der Waals surface area contributed by atoms with Crippen molar-refractivity contribution in [1.82, 2.24) is 14.6 Å². The molecule has 0 fully saturated rings. The van der Waals surface area contributed by atoms with Crippen molar-refractivity contribution in [2.24, 2.45) is 12.9 Å². The number of nitrogens with two attached hydrogens (primary N) is 1. The molecule has 0 bridgehead atoms. The molecule has 0 spiro atoms. The van der Waals surface area contributed by atoms with Crippen LogP contribution in [0.25, 0.3) is 32.9 Å². The molecular formula is C33H27F6N5O4. The predicted octanol–water partition coefficient (Wildman–Crippen LogP) is 5.85. The van der Waals surface area contributed by atoms with Gasteiger partial charge >= 0.3 is 12.1 Å². The number of carboxylic acid groups (broad SMARTS) is 1. The Hall–Kier alpha value is -5.44. The molecule has 0 aliphatic rings. The number of carbonyl (C=O) groups is 2. The fourth-order valence-electron chi connectivity index (χ4n) is 5.58. The number of pyridine rings is 2. The maximum Gasteiger partial charge on any atom is 0.408 e. The summed E-state index contributed by atoms with van der Waals surface area (Å²) in [6.45, 7) is 2.39. The molecule has 0 unspecified atom stereocenters. The number of nitrogens with one attached hydrogen (secondary N) is 1. The smallest absolute Gasteiger partial charge is 0.408 e. The van der Waals surface area contributed by atoms with E-state index in [2.05, 4.69) is 4.98 Å². The van der Waals surface area contributed by atoms with Gasteiger partial charge in [0, 0.05) is 41.7 Å². The molecule has 2 atom stereocenters. The summed E-state index contributed by atoms with van der Waals surface area (Å²) in [6.07, 6.45) is -3.76. The molecule has 2 aromatic heterocycles. The molecule has 48 heavy (non-hydrogen) atoms. The molecule has 0 radical (unpaired) electrons. The second-order valence-corrected chi connectivity index (χ2v) is 11.2. The topological polar surface area (TPSA) is 131 Å². The number of alkyl halides is 3. The molecule has 0 aliphatic heterocycles. The van der Waals surface area contributed by atoms with Crippen LogP contribution in [0.4, 0.5) is 32.0 Å². The minimum atomic E-state index is -4.73. The van der Waals surface area contributed by atoms with Gasteiger partial charge in [0.05, 0.1) is 16.6 Å². The van der Waals surface area contributed by atoms with Crippen LogP contribution in [0.5, 0.6) is 0 Å². The number of aryl methyl sites for hydroxylation is 2. The van der Waals surface area contributed by atoms with Crippen LogP contribution in [-0.2, 0) is 18.3 Å². The van der Waals surface area contributed by atoms with Gasteiger partial charge in [0.2, 0.25) is 0 Å². The van der Waals surface area contributed by atoms with Gasteiger partial charge in [-0.2, -0.15) is 13.2 Å². The summed E-state index contributed by atoms with van der Waals surface area (Å²) in [4.78, 5) is 43.5. The van der Waals surface area contributed by atoms with Crippen molar-refractivity contribution in [3.8, 4) is 11.1 Å². The molecule has 2 heterocycles. The lowest BCUT2D eigenvalue weighted by Crippen LogP contribution is -2.51. The molecule has 9 nitrogen and oxygen atoms in total. The molecule has 0 aliphatic carbocycles. The highest BCUT2D eigenvalue weighted by Crippen LogP contribution is 2.33. The number of aliphatic carboxylic acids is 1. The van der Waals surface area contributed by atoms with E-state index in [0.29, 0.717) is 45.1 Å². The Balaban J connectivity index is 1.53. The van der Waals surface area contributed by atoms with E-state index in [1.807, 2.05) is 5.32 Å². The lowest BCUT2D eigenvalue weighted by atomic mass is 9.92. The van der Waals surface area contributed by atoms with Crippen molar-refractivity contribution in [1.29, 1.82) is 0 Å². The molecular weight excluding hydrogens is 644 g/mol. The number of carboxylic acids is 1. The van der Waals surface area contributed by atoms with Gasteiger partial charge in [-0.05, 0) is 61.4 Å². The Morgan fingerprint density at radius 2 is 1.71 bits per heavy atom. The van der Waals surface area contributed by atoms with Crippen molar-refractivity contribution in [2.75, 3.05) is 5.32 Å². The molecule has 0 saturated heterocycles. The van der Waals surface area contributed by atoms with Gasteiger partial charge in [-0.15, -0.1) is 0 Å². The monoisotopic (exact) mass is 671 g/mol. The van der Waals surface area contributed by atoms with Crippen LogP contribution in [-0.4, -0.2) is 49.8 Å². The molecule has 15 heteroatoms. The van der Waals surface area contributed by atoms with Gasteiger partial charge < -0.3 is 15.0 Å². The number of anilines is 1. The Morgan fingerprint density at radius 3 is 2.33 bits per heavy atom. The van der Waals surface area contributed by atoms with Crippen LogP contribution in [0.1, 0.15) is 28.4 Å². The maximum absolute atomic E-state index is 14.9. The summed E-state index contributed by atoms with van der Waals surface area (Å²) >= 11 is 0. The van der Waals surface area contributed by atoms with E-state index >= 15 is 0 Å². The lowest BCUT2D eigenvalue weighted by Gasteiger charge is -2.25. The largest absolute Gasteiger partial charge is 0.480 e. The number of carbonyl (C=O) groups excluding carboxylic acids is 1. The van der Waals surface area contributed by atoms with Gasteiger partial charge in [-0.25, -0.2) is 23.8 Å². The minimum Gasteiger partial charge on any atom is -0.480 e. The third-order valence-electron chi connectivity index (χ3n) is 8.15. The number of fused-ring (bicyclic) bond motifs is 2. The molecule has 1 amide bonds. The van der Waals surface area contributed by atoms with Crippen molar-refractivity contribution in [3.05, 3.63) is 105 Å². The number of nitrogens with zero attached hydrogens (tertiary/aromatic N) is 3. The van der Waals surface area contributed by atoms with E-state index in [1.165, 1.54) is 41.1 Å². The number of benzene rings is 3. The maximum atomic E-state index is 14.9. The third-order valence-corrected chi connectivity index (χ3v) is 8.15. The summed E-state index contributed by atoms with van der Waals surface area (Å²) in [5.41, 5.74) is -0.130. The van der Waals surface area contributed by atoms with E-state index in [4.69, 9.17) is 5.84 Å². The number of amides is 1. The summed E-state index contributed by atoms with van der Waals surface area (Å²) < 4.78 is 84.1. The highest BCUT2D eigenvalue weighted by Gasteiger charge is 2.37. The highest BCUT2D eigenvalue weighted by molar-refractivity contribution is 6.00. The Labute approximate surface area is 268 Å². The first-order valence-corrected chi connectivity index (χ1v) is 14.3. The van der Waals surface area contributed by atoms with E-state index in [-0.39, 0.29) is 16.1 Å². The number of aromatic nitrogens is 2. The van der Waals surface area contributed by atoms with E-state index in [0.717, 1.165) is 6.92 Å². The summed E-state index contributed by atoms with van der Waals surface area (Å²) in [6, 6.07) is 7.07. The lowest BCUT2D eigenvalue weighted by molar-refractivity contribution is -0.142. The standard InChI is InChI=1S/C33H27F6N5O4/c1-15-22-12-18(34)7-9-25(22)43(3)30(45)27(15)21-8-6-17(20-5-4-10-41-29(20)21)11-26(32(47)48)44(40)31(46)28-23(35)13-19(14-24(28)36)42-16(2)33(37,38)39/h4-10,12-14,16,26,42H,11,40H2,1-3H3,(H,47,48)/t16-,26+/m1/s1. The van der Waals surface area contributed by atoms with Crippen molar-refractivity contribution >= 4 is 39.4 Å². The zero-order valence-corrected chi connectivity index (χ0v) is 25.5. The average Bonchev–Trinajstić information content (AvgIpc) is 3.01. The van der Waals surface area contributed by atoms with Crippen LogP contribution < -0.4 is 16.7 Å². The van der Waals surface area contributed by atoms with Crippen LogP contribution in [0.15, 0.2) is 65.6 Å². The van der Waals surface area contributed by atoms with E-state index < -0.39 is 70.8 Å². The van der Waals surface area contributed by atoms with Gasteiger partial charge in [-0.3, -0.25) is 19.6 Å². The first-order chi connectivity index (χ1) is 22.5. The Morgan fingerprint density at radius 1 is 1.04 bits per heavy atom. The van der Waals surface area contributed by atoms with Crippen molar-refractivity contribution in [3.63, 3.8) is 0 Å². The number of hydrogen-bond donors (Lipinski definition) is 3. The fourth-order valence-corrected chi connectivity index (χ4v) is 5.58. The van der Waals surface area contributed by atoms with E-state index in [1.54, 1.807) is 26.1 Å². The number of hydrogen-bond acceptors (Lipinski definition) is 6. The average molecular weight is 672 g/mol. The quantitative estimate of drug-likeness (QED) is 0.0817. The molecule has 4 N–H and O–H groups in total. The SMILES string of the molecule is Cc1c(-c2ccc(C[C@@H](C(=O)O)N(N)C(=O)c3c(F)cc(N[C@H](C)C(F)(F)F)cc3F)c3cccnc23)c(=O)n(C)c2ccc(F)cc12. The molecule has 3 aromatic carbocycles. The van der Waals surface area contributed by atoms with Gasteiger partial charge in [0.1, 0.15) is 35.1 Å². The zero-order chi connectivity index (χ0) is 35.2. The second-order valence-electron chi connectivity index (χ2n) is 11.2. The van der Waals surface area contributed by atoms with Gasteiger partial charge in [-0.1, -0.05) is 18.2 Å². The Kier molecular flexibility index (Phi) is 8.93. The highest BCUT2D eigenvalue weighted by atomic mass is 19.4. The Bertz CT molecular complexity index is 2140. The van der Waals surface area contributed by atoms with Crippen LogP contribution >= 0.6 is 0 Å². The summed E-state index contributed by atoms with van der Waals surface area (Å²) in [5.74, 6) is -0.987. The van der Waals surface area contributed by atoms with Crippen molar-refractivity contribution < 1.29 is 41.0 Å². The van der Waals surface area contributed by atoms with Crippen LogP contribution in [0, 0.1) is 24.4 Å². The van der Waals surface area contributed by atoms with Gasteiger partial charge in [0.25, 0.3) is 11.5 Å². The summed E-state index contributed by atoms with van der Waals surface area (Å²) in [7, 11) is 1.54. The first kappa shape index (κ1) is 33.9. The molecule has 0 saturated carbocycles. The minimum absolute atomic E-state index is 0.128. The van der Waals surface area contributed by atoms with Gasteiger partial charge in [0.15, 0.2) is 0 Å². The molecule has 250 valence electrons. The third kappa shape index (κ3) is 6.15. The normalized spacial score (nSPS) is 13.0. The van der Waals surface area contributed by atoms with Crippen LogP contribution in [0.3, 0.4) is 0 Å². The van der Waals surface area contributed by atoms with Crippen LogP contribution in [0.2, 0.25) is 0 Å². The molecule has 5 rings (SSSR count). The summed E-state index contributed by atoms with van der Waals surface area (Å²) in [5, 5.41) is 12.9. The van der Waals surface area contributed by atoms with E-state index in [9.17, 15) is 45.8 Å². The molecule has 5 aromatic rings. The fraction of sp³-hybridized carbons (Fsp3) is 0.212. The zero-order valence-electron chi connectivity index (χ0n) is 25.5. The predicted molar refractivity (Wildman–Crippen MR) is 166 cm³/mol. The second kappa shape index (κ2) is 12.6. The number of halogens is 6. The van der Waals surface area contributed by atoms with Crippen molar-refractivity contribution in [2.45, 2.75) is 38.5 Å².